The monoisotopic (exact) mass is 1760 g/mol. The average Bonchev–Trinajstić information content (AvgIpc) is 1.62. The maximum Gasteiger partial charge on any atom is 0.161 e. The number of aryl methyl sites for hydroxylation is 1. The Morgan fingerprint density at radius 1 is 0.259 bits per heavy atom. The Hall–Kier alpha value is -17.3. The van der Waals surface area contributed by atoms with Crippen LogP contribution >= 0.6 is 0 Å². The molecule has 0 amide bonds. The Bertz CT molecular complexity index is 8170. The van der Waals surface area contributed by atoms with Gasteiger partial charge in [0.25, 0.3) is 0 Å². The van der Waals surface area contributed by atoms with Gasteiger partial charge in [0.2, 0.25) is 0 Å². The molecule has 4 aliphatic rings. The first-order chi connectivity index (χ1) is 66.4. The number of aromatic amines is 8. The largest absolute Gasteiger partial charge is 0.337 e. The minimum Gasteiger partial charge on any atom is -0.337 e. The number of imidazole rings is 4. The number of benzene rings is 9. The van der Waals surface area contributed by atoms with Crippen LogP contribution < -0.4 is 5.32 Å². The van der Waals surface area contributed by atoms with Gasteiger partial charge in [-0.1, -0.05) is 115 Å². The molecule has 0 aliphatic carbocycles. The van der Waals surface area contributed by atoms with Crippen molar-refractivity contribution < 1.29 is 0 Å². The van der Waals surface area contributed by atoms with E-state index in [9.17, 15) is 0 Å². The minimum absolute atomic E-state index is 0.684. The van der Waals surface area contributed by atoms with Gasteiger partial charge in [-0.25, -0.2) is 24.9 Å². The maximum absolute atomic E-state index is 5.02. The molecule has 28 heteroatoms. The van der Waals surface area contributed by atoms with Gasteiger partial charge < -0.3 is 25.3 Å². The average molecular weight is 1760 g/mol. The molecule has 0 spiro atoms. The summed E-state index contributed by atoms with van der Waals surface area (Å²) in [6.07, 6.45) is 19.0. The molecular weight excluding hydrogens is 1680 g/mol. The molecule has 9 N–H and O–H groups in total. The fourth-order valence-electron chi connectivity index (χ4n) is 19.4. The zero-order valence-corrected chi connectivity index (χ0v) is 73.8. The van der Waals surface area contributed by atoms with Crippen molar-refractivity contribution in [1.29, 1.82) is 0 Å². The van der Waals surface area contributed by atoms with Gasteiger partial charge in [0.15, 0.2) is 29.0 Å². The summed E-state index contributed by atoms with van der Waals surface area (Å²) in [6, 6.07) is 78.7. The number of H-pyrrole nitrogens is 8. The van der Waals surface area contributed by atoms with Crippen molar-refractivity contribution in [1.82, 2.24) is 140 Å². The lowest BCUT2D eigenvalue weighted by molar-refractivity contribution is 0.319. The van der Waals surface area contributed by atoms with E-state index in [0.717, 1.165) is 263 Å². The zero-order valence-electron chi connectivity index (χ0n) is 73.8. The maximum atomic E-state index is 5.02. The van der Waals surface area contributed by atoms with Crippen molar-refractivity contribution in [3.05, 3.63) is 331 Å². The van der Waals surface area contributed by atoms with Gasteiger partial charge in [-0.05, 0) is 203 Å². The van der Waals surface area contributed by atoms with Gasteiger partial charge >= 0.3 is 0 Å². The topological polar surface area (TPSA) is 346 Å². The third-order valence-corrected chi connectivity index (χ3v) is 25.8. The highest BCUT2D eigenvalue weighted by molar-refractivity contribution is 6.03. The Labute approximate surface area is 770 Å². The van der Waals surface area contributed by atoms with E-state index in [4.69, 9.17) is 29.9 Å². The van der Waals surface area contributed by atoms with Crippen LogP contribution in [0.25, 0.3) is 223 Å². The molecule has 15 aromatic heterocycles. The highest BCUT2D eigenvalue weighted by Crippen LogP contribution is 2.41. The normalized spacial score (nSPS) is 13.6. The summed E-state index contributed by atoms with van der Waals surface area (Å²) in [6.45, 7) is 6.37. The van der Waals surface area contributed by atoms with Crippen molar-refractivity contribution in [2.45, 2.75) is 52.4 Å². The third-order valence-electron chi connectivity index (χ3n) is 25.8. The fourth-order valence-corrected chi connectivity index (χ4v) is 19.4. The molecule has 0 saturated heterocycles. The standard InChI is InChI=1S/C28H22N6.2C27H21N7.C25H20N8/c1-34-15-17-4-2-5-20(10-17)22-6-3-7-25-26(22)31-28(30-25)27-23-12-19(8-9-24(23)32-33-27)21-11-18(16-34)13-29-14-21;1-34-14-16-3-2-4-19(7-16)22-12-29-13-24-25(22)31-27(30-24)26-21-9-18(5-6-23(21)32-33-26)20-8-17(15-34)10-28-11-20;1-34-14-16-3-2-4-19(9-16)24-26-23(7-8-29-24)30-27(31-26)25-21-11-18(5-6-22(21)32-33-25)20-10-17(15-34)12-28-13-20;1-33-21-13-26-11-14-4-2-5-15(10-14)16-6-3-7-19-22(16)30-25(29-19)24-23-20(31-32-24)9-8-18(28-23)17(21)12-27-33/h2-14H,15-16H2,1H3,(H,30,31)(H,32,33);2*2-13H,14-15H2,1H3,(H,30,31)(H,32,33);2-10,12,26H,11,13H2,1H3,(H,29,30)(H,31,32). The predicted octanol–water partition coefficient (Wildman–Crippen LogP) is 20.3. The van der Waals surface area contributed by atoms with E-state index in [1.807, 2.05) is 98.0 Å². The highest BCUT2D eigenvalue weighted by Gasteiger charge is 2.26. The summed E-state index contributed by atoms with van der Waals surface area (Å²) >= 11 is 0. The molecule has 28 nitrogen and oxygen atoms in total. The Morgan fingerprint density at radius 3 is 1.19 bits per heavy atom. The molecule has 135 heavy (non-hydrogen) atoms. The summed E-state index contributed by atoms with van der Waals surface area (Å²) in [4.78, 5) is 68.5. The molecule has 652 valence electrons. The number of aromatic nitrogens is 24. The molecule has 0 atom stereocenters. The number of hydrogen-bond acceptors (Lipinski definition) is 19. The number of para-hydroxylation sites is 2. The summed E-state index contributed by atoms with van der Waals surface area (Å²) in [5.74, 6) is 2.90. The van der Waals surface area contributed by atoms with E-state index in [2.05, 4.69) is 327 Å². The number of nitrogens with zero attached hydrogens (tertiary/aromatic N) is 19. The number of pyridine rings is 6. The predicted molar refractivity (Wildman–Crippen MR) is 528 cm³/mol. The van der Waals surface area contributed by atoms with Crippen molar-refractivity contribution in [3.8, 4) is 135 Å². The van der Waals surface area contributed by atoms with Gasteiger partial charge in [0.05, 0.1) is 90.2 Å². The Kier molecular flexibility index (Phi) is 19.5. The molecular formula is C107H84N28. The first-order valence-corrected chi connectivity index (χ1v) is 44.8. The molecule has 19 heterocycles. The second-order valence-corrected chi connectivity index (χ2v) is 35.3. The fraction of sp³-hybridized carbons (Fsp3) is 0.112. The third kappa shape index (κ3) is 15.0. The van der Waals surface area contributed by atoms with E-state index in [-0.39, 0.29) is 0 Å². The molecule has 24 aromatic rings. The van der Waals surface area contributed by atoms with E-state index < -0.39 is 0 Å². The van der Waals surface area contributed by atoms with E-state index in [1.54, 1.807) is 0 Å². The second-order valence-electron chi connectivity index (χ2n) is 35.3. The van der Waals surface area contributed by atoms with E-state index in [1.165, 1.54) is 38.9 Å². The highest BCUT2D eigenvalue weighted by atomic mass is 15.3. The first kappa shape index (κ1) is 79.8. The Balaban J connectivity index is 0.0000000960. The van der Waals surface area contributed by atoms with Gasteiger partial charge in [-0.3, -0.25) is 64.7 Å². The number of hydrogen-bond donors (Lipinski definition) is 9. The second kappa shape index (κ2) is 33.0. The molecule has 4 aliphatic heterocycles. The summed E-state index contributed by atoms with van der Waals surface area (Å²) in [5, 5.41) is 42.1. The van der Waals surface area contributed by atoms with Gasteiger partial charge in [0, 0.05) is 170 Å². The van der Waals surface area contributed by atoms with Gasteiger partial charge in [-0.2, -0.15) is 25.5 Å². The van der Waals surface area contributed by atoms with Gasteiger partial charge in [-0.15, -0.1) is 0 Å². The first-order valence-electron chi connectivity index (χ1n) is 44.8. The van der Waals surface area contributed by atoms with Crippen LogP contribution in [-0.4, -0.2) is 156 Å². The van der Waals surface area contributed by atoms with Crippen LogP contribution in [0.3, 0.4) is 0 Å². The minimum atomic E-state index is 0.684. The Morgan fingerprint density at radius 2 is 0.659 bits per heavy atom. The summed E-state index contributed by atoms with van der Waals surface area (Å²) < 4.78 is 1.91. The van der Waals surface area contributed by atoms with E-state index in [0.29, 0.717) is 18.1 Å². The van der Waals surface area contributed by atoms with Crippen LogP contribution in [0.4, 0.5) is 0 Å². The lowest BCUT2D eigenvalue weighted by Crippen LogP contribution is -2.17. The smallest absolute Gasteiger partial charge is 0.161 e. The number of rotatable bonds is 0. The van der Waals surface area contributed by atoms with Crippen LogP contribution in [0.15, 0.2) is 286 Å². The number of nitrogens with one attached hydrogen (secondary N) is 9. The lowest BCUT2D eigenvalue weighted by Gasteiger charge is -2.18. The molecule has 0 radical (unpaired) electrons. The van der Waals surface area contributed by atoms with E-state index >= 15 is 0 Å². The lowest BCUT2D eigenvalue weighted by atomic mass is 10.0. The van der Waals surface area contributed by atoms with Crippen molar-refractivity contribution in [2.24, 2.45) is 7.05 Å². The molecule has 0 unspecified atom stereocenters. The van der Waals surface area contributed by atoms with Crippen LogP contribution in [0.1, 0.15) is 44.6 Å². The summed E-state index contributed by atoms with van der Waals surface area (Å²) in [5.41, 5.74) is 41.6. The quantitative estimate of drug-likeness (QED) is 0.0681. The number of fused-ring (bicyclic) bond motifs is 35. The molecule has 0 fully saturated rings. The van der Waals surface area contributed by atoms with Crippen LogP contribution in [0.2, 0.25) is 0 Å². The molecule has 30 bridgehead atoms. The molecule has 0 saturated carbocycles. The molecule has 9 aromatic carbocycles. The van der Waals surface area contributed by atoms with Crippen molar-refractivity contribution >= 4 is 87.9 Å². The zero-order chi connectivity index (χ0) is 89.9. The van der Waals surface area contributed by atoms with Crippen LogP contribution in [0, 0.1) is 0 Å². The van der Waals surface area contributed by atoms with Crippen molar-refractivity contribution in [2.75, 3.05) is 21.1 Å². The molecule has 28 rings (SSSR count). The van der Waals surface area contributed by atoms with Crippen LogP contribution in [-0.2, 0) is 59.4 Å². The SMILES string of the molecule is CN1Cc2cncc(c2)-c2ccc3[nH]nc(c3c2)-c2nc3c(cccc3[nH]2)-c2cccc(c2)C1.CN1Cc2cncc(c2)-c2ccc3[nH]nc(c3c2)-c2nc3c(cncc3[nH]2)-c2cccc(c2)C1.CN1Cc2cncc(c2)-c2ccc3[nH]nc(c3c2)-c2nc3c(nccc3[nH]2)-c2cccc(c2)C1.Cn1ncc2c1CNCc1cccc(c1)-c1cccc3[nH]c(nc13)-c1n[nH]c3ccc-2nc13. The van der Waals surface area contributed by atoms with Gasteiger partial charge in [0.1, 0.15) is 28.1 Å². The van der Waals surface area contributed by atoms with Crippen LogP contribution in [0.5, 0.6) is 0 Å². The summed E-state index contributed by atoms with van der Waals surface area (Å²) in [7, 11) is 8.39. The van der Waals surface area contributed by atoms with Crippen molar-refractivity contribution in [3.63, 3.8) is 0 Å².